The third-order valence-electron chi connectivity index (χ3n) is 4.12. The van der Waals surface area contributed by atoms with Gasteiger partial charge in [-0.2, -0.15) is 0 Å². The van der Waals surface area contributed by atoms with E-state index in [0.717, 1.165) is 24.5 Å². The molecule has 4 nitrogen and oxygen atoms in total. The number of hydrogen-bond acceptors (Lipinski definition) is 3. The average molecular weight is 339 g/mol. The molecule has 2 rings (SSSR count). The molecule has 0 spiro atoms. The van der Waals surface area contributed by atoms with Crippen molar-refractivity contribution in [1.29, 1.82) is 0 Å². The summed E-state index contributed by atoms with van der Waals surface area (Å²) in [6, 6.07) is 11.6. The fourth-order valence-corrected chi connectivity index (χ4v) is 2.48. The third-order valence-corrected chi connectivity index (χ3v) is 4.12. The molecule has 1 aromatic heterocycles. The van der Waals surface area contributed by atoms with Gasteiger partial charge in [-0.1, -0.05) is 52.7 Å². The number of pyridine rings is 1. The summed E-state index contributed by atoms with van der Waals surface area (Å²) in [6.07, 6.45) is 5.15. The molecule has 0 saturated carbocycles. The lowest BCUT2D eigenvalue weighted by atomic mass is 9.87. The summed E-state index contributed by atoms with van der Waals surface area (Å²) in [5.41, 5.74) is 2.69. The molecule has 0 atom stereocenters. The Bertz CT molecular complexity index is 670. The van der Waals surface area contributed by atoms with Gasteiger partial charge in [0.25, 0.3) is 5.91 Å². The zero-order valence-corrected chi connectivity index (χ0v) is 15.7. The Balaban J connectivity index is 1.92. The number of rotatable bonds is 7. The van der Waals surface area contributed by atoms with Crippen LogP contribution in [0.4, 0.5) is 11.5 Å². The minimum Gasteiger partial charge on any atom is -0.370 e. The molecule has 0 saturated heterocycles. The lowest BCUT2D eigenvalue weighted by Gasteiger charge is -2.19. The van der Waals surface area contributed by atoms with Crippen LogP contribution in [0.5, 0.6) is 0 Å². The van der Waals surface area contributed by atoms with Gasteiger partial charge in [0.1, 0.15) is 5.82 Å². The molecular formula is C21H29N3O. The highest BCUT2D eigenvalue weighted by atomic mass is 16.1. The summed E-state index contributed by atoms with van der Waals surface area (Å²) in [7, 11) is 0. The number of hydrogen-bond donors (Lipinski definition) is 2. The van der Waals surface area contributed by atoms with Crippen LogP contribution in [0.15, 0.2) is 42.6 Å². The van der Waals surface area contributed by atoms with Crippen LogP contribution < -0.4 is 10.6 Å². The fourth-order valence-electron chi connectivity index (χ4n) is 2.48. The second kappa shape index (κ2) is 8.65. The minimum absolute atomic E-state index is 0.104. The quantitative estimate of drug-likeness (QED) is 0.679. The predicted octanol–water partition coefficient (Wildman–Crippen LogP) is 5.23. The molecule has 0 aliphatic heterocycles. The summed E-state index contributed by atoms with van der Waals surface area (Å²) < 4.78 is 0. The maximum Gasteiger partial charge on any atom is 0.257 e. The van der Waals surface area contributed by atoms with Gasteiger partial charge in [-0.05, 0) is 41.7 Å². The van der Waals surface area contributed by atoms with Crippen LogP contribution in [0, 0.1) is 0 Å². The van der Waals surface area contributed by atoms with Crippen LogP contribution >= 0.6 is 0 Å². The molecule has 0 aliphatic carbocycles. The molecule has 2 aromatic rings. The lowest BCUT2D eigenvalue weighted by Crippen LogP contribution is -2.14. The lowest BCUT2D eigenvalue weighted by molar-refractivity contribution is 0.102. The SMILES string of the molecule is CCCCCNc1ccc(C(=O)Nc2ccc(C(C)(C)C)cc2)cn1. The summed E-state index contributed by atoms with van der Waals surface area (Å²) in [5, 5.41) is 6.19. The maximum absolute atomic E-state index is 12.3. The number of carbonyl (C=O) groups is 1. The van der Waals surface area contributed by atoms with Crippen molar-refractivity contribution in [1.82, 2.24) is 4.98 Å². The summed E-state index contributed by atoms with van der Waals surface area (Å²) in [4.78, 5) is 16.6. The van der Waals surface area contributed by atoms with E-state index in [-0.39, 0.29) is 11.3 Å². The van der Waals surface area contributed by atoms with Crippen LogP contribution in [0.1, 0.15) is 62.9 Å². The van der Waals surface area contributed by atoms with E-state index in [1.165, 1.54) is 18.4 Å². The summed E-state index contributed by atoms with van der Waals surface area (Å²) in [5.74, 6) is 0.663. The van der Waals surface area contributed by atoms with Crippen molar-refractivity contribution in [3.8, 4) is 0 Å². The van der Waals surface area contributed by atoms with Gasteiger partial charge in [0.05, 0.1) is 5.56 Å². The average Bonchev–Trinajstić information content (AvgIpc) is 2.59. The molecule has 0 bridgehead atoms. The molecule has 1 amide bonds. The van der Waals surface area contributed by atoms with E-state index in [2.05, 4.69) is 55.4 Å². The normalized spacial score (nSPS) is 11.2. The van der Waals surface area contributed by atoms with E-state index in [1.807, 2.05) is 18.2 Å². The van der Waals surface area contributed by atoms with Crippen LogP contribution in [-0.2, 0) is 5.41 Å². The van der Waals surface area contributed by atoms with Gasteiger partial charge >= 0.3 is 0 Å². The Kier molecular flexibility index (Phi) is 6.57. The Morgan fingerprint density at radius 2 is 1.76 bits per heavy atom. The van der Waals surface area contributed by atoms with Gasteiger partial charge in [-0.3, -0.25) is 4.79 Å². The van der Waals surface area contributed by atoms with Crippen molar-refractivity contribution in [3.63, 3.8) is 0 Å². The van der Waals surface area contributed by atoms with Crippen LogP contribution in [0.25, 0.3) is 0 Å². The van der Waals surface area contributed by atoms with Gasteiger partial charge in [-0.25, -0.2) is 4.98 Å². The number of benzene rings is 1. The number of aromatic nitrogens is 1. The first-order chi connectivity index (χ1) is 11.9. The van der Waals surface area contributed by atoms with Crippen LogP contribution in [0.3, 0.4) is 0 Å². The van der Waals surface area contributed by atoms with Gasteiger partial charge in [-0.15, -0.1) is 0 Å². The standard InChI is InChI=1S/C21H29N3O/c1-5-6-7-14-22-19-13-8-16(15-23-19)20(25)24-18-11-9-17(10-12-18)21(2,3)4/h8-13,15H,5-7,14H2,1-4H3,(H,22,23)(H,24,25). The highest BCUT2D eigenvalue weighted by Crippen LogP contribution is 2.23. The number of nitrogens with zero attached hydrogens (tertiary/aromatic N) is 1. The zero-order chi connectivity index (χ0) is 18.3. The highest BCUT2D eigenvalue weighted by molar-refractivity contribution is 6.04. The van der Waals surface area contributed by atoms with E-state index in [4.69, 9.17) is 0 Å². The van der Waals surface area contributed by atoms with E-state index in [1.54, 1.807) is 12.3 Å². The highest BCUT2D eigenvalue weighted by Gasteiger charge is 2.13. The number of nitrogens with one attached hydrogen (secondary N) is 2. The van der Waals surface area contributed by atoms with E-state index >= 15 is 0 Å². The largest absolute Gasteiger partial charge is 0.370 e. The molecule has 2 N–H and O–H groups in total. The molecule has 0 radical (unpaired) electrons. The topological polar surface area (TPSA) is 54.0 Å². The smallest absolute Gasteiger partial charge is 0.257 e. The van der Waals surface area contributed by atoms with E-state index in [0.29, 0.717) is 5.56 Å². The molecule has 25 heavy (non-hydrogen) atoms. The fraction of sp³-hybridized carbons (Fsp3) is 0.429. The Morgan fingerprint density at radius 3 is 2.32 bits per heavy atom. The second-order valence-electron chi connectivity index (χ2n) is 7.35. The number of carbonyl (C=O) groups excluding carboxylic acids is 1. The first kappa shape index (κ1) is 19.0. The second-order valence-corrected chi connectivity index (χ2v) is 7.35. The molecule has 4 heteroatoms. The molecule has 0 aliphatic rings. The predicted molar refractivity (Wildman–Crippen MR) is 105 cm³/mol. The van der Waals surface area contributed by atoms with Crippen LogP contribution in [0.2, 0.25) is 0 Å². The molecular weight excluding hydrogens is 310 g/mol. The molecule has 0 fully saturated rings. The molecule has 0 unspecified atom stereocenters. The van der Waals surface area contributed by atoms with Gasteiger partial charge < -0.3 is 10.6 Å². The monoisotopic (exact) mass is 339 g/mol. The van der Waals surface area contributed by atoms with Crippen molar-refractivity contribution in [2.45, 2.75) is 52.4 Å². The first-order valence-corrected chi connectivity index (χ1v) is 9.02. The van der Waals surface area contributed by atoms with Crippen molar-refractivity contribution >= 4 is 17.4 Å². The van der Waals surface area contributed by atoms with Crippen molar-refractivity contribution in [3.05, 3.63) is 53.7 Å². The van der Waals surface area contributed by atoms with Crippen LogP contribution in [-0.4, -0.2) is 17.4 Å². The third kappa shape index (κ3) is 5.89. The van der Waals surface area contributed by atoms with E-state index < -0.39 is 0 Å². The van der Waals surface area contributed by atoms with Gasteiger partial charge in [0.15, 0.2) is 0 Å². The van der Waals surface area contributed by atoms with Crippen molar-refractivity contribution < 1.29 is 4.79 Å². The van der Waals surface area contributed by atoms with Crippen molar-refractivity contribution in [2.75, 3.05) is 17.2 Å². The maximum atomic E-state index is 12.3. The summed E-state index contributed by atoms with van der Waals surface area (Å²) >= 11 is 0. The Morgan fingerprint density at radius 1 is 1.04 bits per heavy atom. The molecule has 1 heterocycles. The Labute approximate surface area is 151 Å². The Hall–Kier alpha value is -2.36. The number of unbranched alkanes of at least 4 members (excludes halogenated alkanes) is 2. The molecule has 1 aromatic carbocycles. The first-order valence-electron chi connectivity index (χ1n) is 9.02. The molecule has 134 valence electrons. The van der Waals surface area contributed by atoms with Gasteiger partial charge in [0, 0.05) is 18.4 Å². The zero-order valence-electron chi connectivity index (χ0n) is 15.7. The minimum atomic E-state index is -0.145. The summed E-state index contributed by atoms with van der Waals surface area (Å²) in [6.45, 7) is 9.60. The van der Waals surface area contributed by atoms with Crippen molar-refractivity contribution in [2.24, 2.45) is 0 Å². The number of anilines is 2. The van der Waals surface area contributed by atoms with Gasteiger partial charge in [0.2, 0.25) is 0 Å². The van der Waals surface area contributed by atoms with E-state index in [9.17, 15) is 4.79 Å². The number of amides is 1.